The summed E-state index contributed by atoms with van der Waals surface area (Å²) in [4.78, 5) is 12.8. The van der Waals surface area contributed by atoms with E-state index < -0.39 is 0 Å². The van der Waals surface area contributed by atoms with Gasteiger partial charge in [-0.3, -0.25) is 9.69 Å². The molecule has 0 aromatic carbocycles. The van der Waals surface area contributed by atoms with Crippen LogP contribution in [0.4, 0.5) is 0 Å². The van der Waals surface area contributed by atoms with Crippen LogP contribution >= 0.6 is 0 Å². The second kappa shape index (κ2) is 5.66. The van der Waals surface area contributed by atoms with Gasteiger partial charge in [-0.1, -0.05) is 0 Å². The normalized spacial score (nSPS) is 11.4. The molecule has 7 heteroatoms. The Morgan fingerprint density at radius 2 is 2.26 bits per heavy atom. The highest BCUT2D eigenvalue weighted by Crippen LogP contribution is 2.18. The summed E-state index contributed by atoms with van der Waals surface area (Å²) in [6.07, 6.45) is 1.53. The molecule has 19 heavy (non-hydrogen) atoms. The highest BCUT2D eigenvalue weighted by molar-refractivity contribution is 5.75. The van der Waals surface area contributed by atoms with E-state index in [0.29, 0.717) is 24.1 Å². The zero-order valence-corrected chi connectivity index (χ0v) is 10.9. The summed E-state index contributed by atoms with van der Waals surface area (Å²) in [5, 5.41) is 7.83. The van der Waals surface area contributed by atoms with Crippen LogP contribution in [0.3, 0.4) is 0 Å². The molecule has 102 valence electrons. The Bertz CT molecular complexity index is 533. The van der Waals surface area contributed by atoms with E-state index in [1.807, 2.05) is 18.7 Å². The molecule has 0 atom stereocenters. The summed E-state index contributed by atoms with van der Waals surface area (Å²) in [6.45, 7) is 4.45. The third-order valence-corrected chi connectivity index (χ3v) is 2.63. The smallest absolute Gasteiger partial charge is 0.283 e. The molecule has 0 spiro atoms. The van der Waals surface area contributed by atoms with Gasteiger partial charge in [0.2, 0.25) is 11.8 Å². The predicted molar refractivity (Wildman–Crippen MR) is 66.7 cm³/mol. The Hall–Kier alpha value is -2.15. The molecule has 0 fully saturated rings. The molecule has 7 nitrogen and oxygen atoms in total. The van der Waals surface area contributed by atoms with Gasteiger partial charge in [0.25, 0.3) is 5.89 Å². The summed E-state index contributed by atoms with van der Waals surface area (Å²) in [5.41, 5.74) is 5.20. The molecule has 0 saturated heterocycles. The lowest BCUT2D eigenvalue weighted by Gasteiger charge is -2.22. The topological polar surface area (TPSA) is 98.4 Å². The van der Waals surface area contributed by atoms with Crippen molar-refractivity contribution in [1.29, 1.82) is 0 Å². The van der Waals surface area contributed by atoms with Crippen molar-refractivity contribution in [2.24, 2.45) is 5.73 Å². The number of primary amides is 1. The maximum atomic E-state index is 11.0. The first-order chi connectivity index (χ1) is 9.06. The Labute approximate surface area is 110 Å². The van der Waals surface area contributed by atoms with Gasteiger partial charge in [0.05, 0.1) is 19.4 Å². The third-order valence-electron chi connectivity index (χ3n) is 2.63. The quantitative estimate of drug-likeness (QED) is 0.836. The maximum absolute atomic E-state index is 11.0. The molecule has 2 heterocycles. The van der Waals surface area contributed by atoms with Gasteiger partial charge in [0, 0.05) is 6.04 Å². The first-order valence-corrected chi connectivity index (χ1v) is 5.95. The van der Waals surface area contributed by atoms with Gasteiger partial charge in [0.15, 0.2) is 5.76 Å². The van der Waals surface area contributed by atoms with Crippen LogP contribution in [0, 0.1) is 0 Å². The number of nitrogens with two attached hydrogens (primary N) is 1. The minimum atomic E-state index is -0.389. The number of carbonyl (C=O) groups is 1. The van der Waals surface area contributed by atoms with Crippen molar-refractivity contribution in [3.8, 4) is 11.7 Å². The molecule has 0 aliphatic rings. The minimum Gasteiger partial charge on any atom is -0.459 e. The van der Waals surface area contributed by atoms with Gasteiger partial charge in [-0.2, -0.15) is 0 Å². The highest BCUT2D eigenvalue weighted by Gasteiger charge is 2.17. The minimum absolute atomic E-state index is 0.145. The van der Waals surface area contributed by atoms with Crippen molar-refractivity contribution in [3.63, 3.8) is 0 Å². The molecule has 0 saturated carbocycles. The van der Waals surface area contributed by atoms with Crippen molar-refractivity contribution >= 4 is 5.91 Å². The van der Waals surface area contributed by atoms with E-state index in [4.69, 9.17) is 14.6 Å². The van der Waals surface area contributed by atoms with Gasteiger partial charge in [-0.25, -0.2) is 0 Å². The van der Waals surface area contributed by atoms with Gasteiger partial charge in [0.1, 0.15) is 0 Å². The molecule has 1 amide bonds. The van der Waals surface area contributed by atoms with E-state index in [-0.39, 0.29) is 18.5 Å². The van der Waals surface area contributed by atoms with Crippen LogP contribution < -0.4 is 5.73 Å². The second-order valence-corrected chi connectivity index (χ2v) is 4.44. The number of amides is 1. The number of carbonyl (C=O) groups excluding carboxylic acids is 1. The molecule has 0 aliphatic carbocycles. The fourth-order valence-corrected chi connectivity index (χ4v) is 1.61. The van der Waals surface area contributed by atoms with Crippen LogP contribution in [-0.4, -0.2) is 33.6 Å². The number of furan rings is 1. The summed E-state index contributed by atoms with van der Waals surface area (Å²) in [7, 11) is 0. The molecule has 2 aromatic rings. The number of hydrogen-bond acceptors (Lipinski definition) is 6. The number of aromatic nitrogens is 2. The van der Waals surface area contributed by atoms with Gasteiger partial charge < -0.3 is 14.6 Å². The largest absolute Gasteiger partial charge is 0.459 e. The fourth-order valence-electron chi connectivity index (χ4n) is 1.61. The van der Waals surface area contributed by atoms with E-state index in [9.17, 15) is 4.79 Å². The van der Waals surface area contributed by atoms with Crippen LogP contribution in [0.5, 0.6) is 0 Å². The molecule has 0 aliphatic heterocycles. The predicted octanol–water partition coefficient (Wildman–Crippen LogP) is 1.03. The second-order valence-electron chi connectivity index (χ2n) is 4.44. The number of nitrogens with zero attached hydrogens (tertiary/aromatic N) is 3. The van der Waals surface area contributed by atoms with Crippen LogP contribution in [0.25, 0.3) is 11.7 Å². The first kappa shape index (κ1) is 13.3. The van der Waals surface area contributed by atoms with E-state index >= 15 is 0 Å². The van der Waals surface area contributed by atoms with Crippen LogP contribution in [0.2, 0.25) is 0 Å². The van der Waals surface area contributed by atoms with Crippen molar-refractivity contribution in [2.45, 2.75) is 26.4 Å². The average Bonchev–Trinajstić information content (AvgIpc) is 2.97. The van der Waals surface area contributed by atoms with E-state index in [2.05, 4.69) is 10.2 Å². The molecule has 0 bridgehead atoms. The van der Waals surface area contributed by atoms with Gasteiger partial charge in [-0.05, 0) is 26.0 Å². The Morgan fingerprint density at radius 1 is 1.47 bits per heavy atom. The van der Waals surface area contributed by atoms with Crippen molar-refractivity contribution in [1.82, 2.24) is 15.1 Å². The lowest BCUT2D eigenvalue weighted by atomic mass is 10.3. The van der Waals surface area contributed by atoms with Crippen molar-refractivity contribution in [3.05, 3.63) is 24.3 Å². The summed E-state index contributed by atoms with van der Waals surface area (Å²) in [5.74, 6) is 0.869. The average molecular weight is 264 g/mol. The lowest BCUT2D eigenvalue weighted by molar-refractivity contribution is -0.119. The standard InChI is InChI=1S/C12H16N4O3/c1-8(2)16(6-10(13)17)7-11-14-15-12(19-11)9-4-3-5-18-9/h3-5,8H,6-7H2,1-2H3,(H2,13,17). The summed E-state index contributed by atoms with van der Waals surface area (Å²) in [6, 6.07) is 3.62. The Morgan fingerprint density at radius 3 is 2.84 bits per heavy atom. The third kappa shape index (κ3) is 3.41. The summed E-state index contributed by atoms with van der Waals surface area (Å²) < 4.78 is 10.6. The van der Waals surface area contributed by atoms with Crippen molar-refractivity contribution in [2.75, 3.05) is 6.54 Å². The first-order valence-electron chi connectivity index (χ1n) is 5.95. The maximum Gasteiger partial charge on any atom is 0.283 e. The molecular formula is C12H16N4O3. The zero-order chi connectivity index (χ0) is 13.8. The van der Waals surface area contributed by atoms with Crippen LogP contribution in [-0.2, 0) is 11.3 Å². The molecule has 0 unspecified atom stereocenters. The molecule has 2 rings (SSSR count). The molecule has 2 aromatic heterocycles. The van der Waals surface area contributed by atoms with Crippen molar-refractivity contribution < 1.29 is 13.6 Å². The number of hydrogen-bond donors (Lipinski definition) is 1. The summed E-state index contributed by atoms with van der Waals surface area (Å²) >= 11 is 0. The Balaban J connectivity index is 2.08. The van der Waals surface area contributed by atoms with Gasteiger partial charge in [-0.15, -0.1) is 10.2 Å². The van der Waals surface area contributed by atoms with E-state index in [1.54, 1.807) is 12.1 Å². The van der Waals surface area contributed by atoms with Crippen LogP contribution in [0.1, 0.15) is 19.7 Å². The lowest BCUT2D eigenvalue weighted by Crippen LogP contribution is -2.38. The fraction of sp³-hybridized carbons (Fsp3) is 0.417. The zero-order valence-electron chi connectivity index (χ0n) is 10.9. The molecule has 0 radical (unpaired) electrons. The number of rotatable bonds is 6. The SMILES string of the molecule is CC(C)N(CC(N)=O)Cc1nnc(-c2ccco2)o1. The molecule has 2 N–H and O–H groups in total. The monoisotopic (exact) mass is 264 g/mol. The van der Waals surface area contributed by atoms with Gasteiger partial charge >= 0.3 is 0 Å². The highest BCUT2D eigenvalue weighted by atomic mass is 16.4. The van der Waals surface area contributed by atoms with E-state index in [1.165, 1.54) is 6.26 Å². The van der Waals surface area contributed by atoms with E-state index in [0.717, 1.165) is 0 Å². The molecular weight excluding hydrogens is 248 g/mol. The van der Waals surface area contributed by atoms with Crippen LogP contribution in [0.15, 0.2) is 27.2 Å². The Kier molecular flexibility index (Phi) is 3.96.